The van der Waals surface area contributed by atoms with E-state index in [1.165, 1.54) is 12.1 Å². The number of nitrogen functional groups attached to an aromatic ring is 1. The van der Waals surface area contributed by atoms with Crippen LogP contribution >= 0.6 is 34.7 Å². The lowest BCUT2D eigenvalue weighted by Gasteiger charge is -2.07. The highest BCUT2D eigenvalue weighted by Crippen LogP contribution is 2.32. The van der Waals surface area contributed by atoms with Crippen LogP contribution in [0, 0.1) is 0 Å². The molecule has 1 amide bonds. The number of carbonyl (C=O) groups excluding carboxylic acids is 1. The second kappa shape index (κ2) is 8.26. The van der Waals surface area contributed by atoms with Gasteiger partial charge in [0.05, 0.1) is 16.3 Å². The van der Waals surface area contributed by atoms with Crippen LogP contribution in [-0.2, 0) is 14.6 Å². The first-order valence-corrected chi connectivity index (χ1v) is 11.1. The molecule has 0 unspecified atom stereocenters. The van der Waals surface area contributed by atoms with Gasteiger partial charge in [-0.1, -0.05) is 41.6 Å². The molecular weight excluding hydrogens is 428 g/mol. The number of nitrogens with zero attached hydrogens (tertiary/aromatic N) is 2. The first-order valence-electron chi connectivity index (χ1n) is 7.47. The number of amides is 1. The van der Waals surface area contributed by atoms with Gasteiger partial charge >= 0.3 is 0 Å². The van der Waals surface area contributed by atoms with Crippen molar-refractivity contribution in [3.05, 3.63) is 53.0 Å². The van der Waals surface area contributed by atoms with E-state index >= 15 is 0 Å². The fourth-order valence-corrected chi connectivity index (χ4v) is 5.53. The Labute approximate surface area is 168 Å². The van der Waals surface area contributed by atoms with E-state index < -0.39 is 9.84 Å². The number of carbonyl (C=O) groups is 1. The number of hydrogen-bond donors (Lipinski definition) is 2. The largest absolute Gasteiger partial charge is 0.382 e. The van der Waals surface area contributed by atoms with Crippen molar-refractivity contribution in [3.63, 3.8) is 0 Å². The third-order valence-electron chi connectivity index (χ3n) is 3.25. The number of hydrogen-bond acceptors (Lipinski definition) is 8. The third kappa shape index (κ3) is 4.78. The molecule has 7 nitrogen and oxygen atoms in total. The Morgan fingerprint density at radius 3 is 2.59 bits per heavy atom. The first kappa shape index (κ1) is 19.6. The quantitative estimate of drug-likeness (QED) is 0.446. The van der Waals surface area contributed by atoms with E-state index in [9.17, 15) is 13.2 Å². The molecule has 11 heteroatoms. The molecule has 0 fully saturated rings. The van der Waals surface area contributed by atoms with Crippen molar-refractivity contribution < 1.29 is 13.2 Å². The molecule has 3 aromatic rings. The number of halogens is 1. The van der Waals surface area contributed by atoms with Crippen molar-refractivity contribution in [2.24, 2.45) is 0 Å². The first-order chi connectivity index (χ1) is 12.9. The molecule has 3 N–H and O–H groups in total. The Kier molecular flexibility index (Phi) is 6.00. The second-order valence-corrected chi connectivity index (χ2v) is 9.97. The van der Waals surface area contributed by atoms with Crippen LogP contribution in [0.25, 0.3) is 0 Å². The lowest BCUT2D eigenvalue weighted by Crippen LogP contribution is -2.14. The van der Waals surface area contributed by atoms with Gasteiger partial charge in [-0.3, -0.25) is 4.79 Å². The lowest BCUT2D eigenvalue weighted by molar-refractivity contribution is -0.113. The minimum Gasteiger partial charge on any atom is -0.382 e. The van der Waals surface area contributed by atoms with E-state index in [4.69, 9.17) is 17.3 Å². The van der Waals surface area contributed by atoms with Gasteiger partial charge in [0.1, 0.15) is 14.9 Å². The van der Waals surface area contributed by atoms with Crippen LogP contribution in [0.1, 0.15) is 0 Å². The van der Waals surface area contributed by atoms with Crippen molar-refractivity contribution in [1.29, 1.82) is 0 Å². The van der Waals surface area contributed by atoms with Crippen molar-refractivity contribution in [2.45, 2.75) is 14.3 Å². The summed E-state index contributed by atoms with van der Waals surface area (Å²) in [5.41, 5.74) is 6.49. The van der Waals surface area contributed by atoms with Gasteiger partial charge in [0.25, 0.3) is 0 Å². The molecule has 3 rings (SSSR count). The van der Waals surface area contributed by atoms with Gasteiger partial charge in [-0.05, 0) is 24.3 Å². The molecule has 2 aromatic heterocycles. The molecule has 0 radical (unpaired) electrons. The zero-order valence-electron chi connectivity index (χ0n) is 13.6. The maximum absolute atomic E-state index is 12.6. The molecule has 27 heavy (non-hydrogen) atoms. The zero-order chi connectivity index (χ0) is 19.4. The highest BCUT2D eigenvalue weighted by molar-refractivity contribution is 7.99. The number of rotatable bonds is 6. The van der Waals surface area contributed by atoms with Gasteiger partial charge in [0.2, 0.25) is 15.7 Å². The van der Waals surface area contributed by atoms with Crippen molar-refractivity contribution in [1.82, 2.24) is 9.97 Å². The van der Waals surface area contributed by atoms with Crippen molar-refractivity contribution in [2.75, 3.05) is 16.8 Å². The molecule has 0 saturated heterocycles. The summed E-state index contributed by atoms with van der Waals surface area (Å²) in [6.45, 7) is 0. The van der Waals surface area contributed by atoms with E-state index in [0.717, 1.165) is 29.3 Å². The summed E-state index contributed by atoms with van der Waals surface area (Å²) < 4.78 is 25.6. The minimum absolute atomic E-state index is 0.0565. The average molecular weight is 441 g/mol. The second-order valence-electron chi connectivity index (χ2n) is 5.17. The molecule has 0 aliphatic carbocycles. The Hall–Kier alpha value is -2.14. The van der Waals surface area contributed by atoms with Crippen LogP contribution in [0.3, 0.4) is 0 Å². The Morgan fingerprint density at radius 2 is 1.96 bits per heavy atom. The zero-order valence-corrected chi connectivity index (χ0v) is 16.8. The van der Waals surface area contributed by atoms with Crippen LogP contribution in [0.2, 0.25) is 4.34 Å². The van der Waals surface area contributed by atoms with Gasteiger partial charge in [-0.15, -0.1) is 11.3 Å². The molecule has 0 bridgehead atoms. The summed E-state index contributed by atoms with van der Waals surface area (Å²) in [6, 6.07) is 11.9. The molecule has 1 aromatic carbocycles. The molecule has 0 aliphatic rings. The van der Waals surface area contributed by atoms with Crippen LogP contribution < -0.4 is 11.1 Å². The van der Waals surface area contributed by atoms with Crippen LogP contribution in [0.4, 0.5) is 11.5 Å². The molecular formula is C16H13ClN4O3S3. The molecule has 0 saturated carbocycles. The van der Waals surface area contributed by atoms with Gasteiger partial charge in [0.15, 0.2) is 5.16 Å². The molecule has 140 valence electrons. The minimum atomic E-state index is -3.84. The SMILES string of the molecule is Nc1nc(SCC(=O)Nc2ccccc2)ncc1S(=O)(=O)c1ccc(Cl)s1. The standard InChI is InChI=1S/C16H13ClN4O3S3/c17-12-6-7-14(26-12)27(23,24)11-8-19-16(21-15(11)18)25-9-13(22)20-10-4-2-1-3-5-10/h1-8H,9H2,(H,20,22)(H2,18,19,21). The topological polar surface area (TPSA) is 115 Å². The number of thioether (sulfide) groups is 1. The van der Waals surface area contributed by atoms with E-state index in [1.54, 1.807) is 12.1 Å². The molecule has 0 aliphatic heterocycles. The number of benzene rings is 1. The molecule has 0 spiro atoms. The Balaban J connectivity index is 1.69. The van der Waals surface area contributed by atoms with E-state index in [2.05, 4.69) is 15.3 Å². The van der Waals surface area contributed by atoms with Crippen LogP contribution in [-0.4, -0.2) is 30.0 Å². The Bertz CT molecular complexity index is 1070. The predicted molar refractivity (Wildman–Crippen MR) is 107 cm³/mol. The van der Waals surface area contributed by atoms with Gasteiger partial charge in [0, 0.05) is 5.69 Å². The van der Waals surface area contributed by atoms with E-state index in [-0.39, 0.29) is 31.7 Å². The molecule has 2 heterocycles. The number of nitrogens with two attached hydrogens (primary N) is 1. The summed E-state index contributed by atoms with van der Waals surface area (Å²) in [6.07, 6.45) is 1.14. The van der Waals surface area contributed by atoms with E-state index in [1.807, 2.05) is 18.2 Å². The summed E-state index contributed by atoms with van der Waals surface area (Å²) in [5.74, 6) is -0.361. The smallest absolute Gasteiger partial charge is 0.234 e. The van der Waals surface area contributed by atoms with Crippen LogP contribution in [0.15, 0.2) is 62.9 Å². The fourth-order valence-electron chi connectivity index (χ4n) is 2.04. The van der Waals surface area contributed by atoms with Crippen LogP contribution in [0.5, 0.6) is 0 Å². The number of para-hydroxylation sites is 1. The molecule has 0 atom stereocenters. The summed E-state index contributed by atoms with van der Waals surface area (Å²) in [7, 11) is -3.84. The monoisotopic (exact) mass is 440 g/mol. The van der Waals surface area contributed by atoms with Crippen molar-refractivity contribution in [3.8, 4) is 0 Å². The van der Waals surface area contributed by atoms with Gasteiger partial charge in [-0.2, -0.15) is 0 Å². The van der Waals surface area contributed by atoms with E-state index in [0.29, 0.717) is 10.0 Å². The summed E-state index contributed by atoms with van der Waals surface area (Å²) in [4.78, 5) is 19.8. The summed E-state index contributed by atoms with van der Waals surface area (Å²) >= 11 is 7.78. The van der Waals surface area contributed by atoms with Crippen molar-refractivity contribution >= 4 is 61.9 Å². The maximum Gasteiger partial charge on any atom is 0.234 e. The third-order valence-corrected chi connectivity index (χ3v) is 7.61. The lowest BCUT2D eigenvalue weighted by atomic mass is 10.3. The number of nitrogens with one attached hydrogen (secondary N) is 1. The number of aromatic nitrogens is 2. The fraction of sp³-hybridized carbons (Fsp3) is 0.0625. The Morgan fingerprint density at radius 1 is 1.22 bits per heavy atom. The normalized spacial score (nSPS) is 11.3. The van der Waals surface area contributed by atoms with Gasteiger partial charge in [-0.25, -0.2) is 18.4 Å². The highest BCUT2D eigenvalue weighted by atomic mass is 35.5. The summed E-state index contributed by atoms with van der Waals surface area (Å²) in [5, 5.41) is 2.94. The number of sulfone groups is 1. The predicted octanol–water partition coefficient (Wildman–Crippen LogP) is 3.34. The average Bonchev–Trinajstić information content (AvgIpc) is 3.08. The maximum atomic E-state index is 12.6. The highest BCUT2D eigenvalue weighted by Gasteiger charge is 2.24. The van der Waals surface area contributed by atoms with Gasteiger partial charge < -0.3 is 11.1 Å². The number of anilines is 2. The number of thiophene rings is 1.